The molecule has 3 aliphatic carbocycles. The summed E-state index contributed by atoms with van der Waals surface area (Å²) in [7, 11) is 1.73. The molecule has 3 aliphatic rings. The normalized spacial score (nSPS) is 35.5. The Morgan fingerprint density at radius 1 is 1.27 bits per heavy atom. The largest absolute Gasteiger partial charge is 0.497 e. The minimum absolute atomic E-state index is 0.0294. The maximum atomic E-state index is 11.6. The summed E-state index contributed by atoms with van der Waals surface area (Å²) in [5.74, 6) is 2.55. The highest BCUT2D eigenvalue weighted by Crippen LogP contribution is 2.62. The topological polar surface area (TPSA) is 35.5 Å². The molecule has 140 valence electrons. The molecule has 0 radical (unpaired) electrons. The summed E-state index contributed by atoms with van der Waals surface area (Å²) in [5, 5.41) is 0. The first kappa shape index (κ1) is 17.9. The van der Waals surface area contributed by atoms with E-state index >= 15 is 0 Å². The predicted octanol–water partition coefficient (Wildman–Crippen LogP) is 5.22. The minimum Gasteiger partial charge on any atom is -0.497 e. The maximum Gasteiger partial charge on any atom is 0.302 e. The van der Waals surface area contributed by atoms with Crippen molar-refractivity contribution in [2.24, 2.45) is 17.3 Å². The van der Waals surface area contributed by atoms with E-state index in [1.54, 1.807) is 12.6 Å². The van der Waals surface area contributed by atoms with Crippen molar-refractivity contribution in [1.82, 2.24) is 0 Å². The van der Waals surface area contributed by atoms with Crippen molar-refractivity contribution in [2.45, 2.75) is 57.5 Å². The van der Waals surface area contributed by atoms with E-state index in [0.29, 0.717) is 17.8 Å². The van der Waals surface area contributed by atoms with Gasteiger partial charge in [-0.05, 0) is 79.5 Å². The SMILES string of the molecule is COc1ccc2c(c1)CC[C@@H]1[C@@H]2CCC2(C=CCl)[C@@H](OC(C)=O)CC[C@@H]12. The number of benzene rings is 1. The van der Waals surface area contributed by atoms with Crippen LogP contribution in [0.4, 0.5) is 0 Å². The van der Waals surface area contributed by atoms with E-state index in [4.69, 9.17) is 21.1 Å². The van der Waals surface area contributed by atoms with E-state index in [2.05, 4.69) is 24.3 Å². The van der Waals surface area contributed by atoms with Crippen molar-refractivity contribution in [3.05, 3.63) is 40.9 Å². The zero-order chi connectivity index (χ0) is 18.3. The monoisotopic (exact) mass is 374 g/mol. The highest BCUT2D eigenvalue weighted by atomic mass is 35.5. The summed E-state index contributed by atoms with van der Waals surface area (Å²) >= 11 is 6.05. The molecule has 0 spiro atoms. The van der Waals surface area contributed by atoms with Crippen molar-refractivity contribution in [2.75, 3.05) is 7.11 Å². The lowest BCUT2D eigenvalue weighted by molar-refractivity contribution is -0.152. The number of ether oxygens (including phenoxy) is 2. The van der Waals surface area contributed by atoms with Crippen molar-refractivity contribution in [3.8, 4) is 5.75 Å². The molecular formula is C22H27ClO3. The Kier molecular flexibility index (Phi) is 4.77. The maximum absolute atomic E-state index is 11.6. The smallest absolute Gasteiger partial charge is 0.302 e. The molecule has 4 heteroatoms. The minimum atomic E-state index is -0.179. The van der Waals surface area contributed by atoms with E-state index in [-0.39, 0.29) is 17.5 Å². The van der Waals surface area contributed by atoms with Crippen LogP contribution in [0.15, 0.2) is 29.8 Å². The average Bonchev–Trinajstić information content (AvgIpc) is 2.99. The highest BCUT2D eigenvalue weighted by Gasteiger charge is 2.57. The molecular weight excluding hydrogens is 348 g/mol. The number of carbonyl (C=O) groups excluding carboxylic acids is 1. The molecule has 1 aromatic rings. The van der Waals surface area contributed by atoms with Crippen molar-refractivity contribution >= 4 is 17.6 Å². The van der Waals surface area contributed by atoms with Gasteiger partial charge in [-0.15, -0.1) is 0 Å². The van der Waals surface area contributed by atoms with Crippen LogP contribution in [0.1, 0.15) is 56.1 Å². The number of fused-ring (bicyclic) bond motifs is 5. The Morgan fingerprint density at radius 2 is 2.12 bits per heavy atom. The lowest BCUT2D eigenvalue weighted by Crippen LogP contribution is -2.45. The first-order valence-electron chi connectivity index (χ1n) is 9.71. The van der Waals surface area contributed by atoms with Gasteiger partial charge in [-0.3, -0.25) is 4.79 Å². The van der Waals surface area contributed by atoms with Crippen LogP contribution in [0.3, 0.4) is 0 Å². The Balaban J connectivity index is 1.67. The number of esters is 1. The van der Waals surface area contributed by atoms with Gasteiger partial charge in [-0.1, -0.05) is 23.7 Å². The number of halogens is 1. The Morgan fingerprint density at radius 3 is 2.85 bits per heavy atom. The van der Waals surface area contributed by atoms with Gasteiger partial charge in [0.2, 0.25) is 0 Å². The molecule has 0 N–H and O–H groups in total. The first-order chi connectivity index (χ1) is 12.6. The van der Waals surface area contributed by atoms with Crippen LogP contribution in [0.2, 0.25) is 0 Å². The molecule has 0 bridgehead atoms. The number of hydrogen-bond donors (Lipinski definition) is 0. The zero-order valence-corrected chi connectivity index (χ0v) is 16.3. The van der Waals surface area contributed by atoms with Gasteiger partial charge in [0.05, 0.1) is 7.11 Å². The molecule has 0 heterocycles. The lowest BCUT2D eigenvalue weighted by Gasteiger charge is -2.50. The fourth-order valence-electron chi connectivity index (χ4n) is 6.16. The third-order valence-corrected chi connectivity index (χ3v) is 7.26. The van der Waals surface area contributed by atoms with E-state index in [1.165, 1.54) is 24.5 Å². The number of carbonyl (C=O) groups is 1. The van der Waals surface area contributed by atoms with Gasteiger partial charge in [0.1, 0.15) is 11.9 Å². The van der Waals surface area contributed by atoms with Crippen LogP contribution in [-0.2, 0) is 16.0 Å². The summed E-state index contributed by atoms with van der Waals surface area (Å²) in [5.41, 5.74) is 4.51. The van der Waals surface area contributed by atoms with Gasteiger partial charge in [0.15, 0.2) is 0 Å². The van der Waals surface area contributed by atoms with Gasteiger partial charge in [0.25, 0.3) is 0 Å². The van der Waals surface area contributed by atoms with Crippen LogP contribution in [0, 0.1) is 17.3 Å². The van der Waals surface area contributed by atoms with E-state index in [1.807, 2.05) is 0 Å². The van der Waals surface area contributed by atoms with Crippen molar-refractivity contribution in [3.63, 3.8) is 0 Å². The zero-order valence-electron chi connectivity index (χ0n) is 15.5. The van der Waals surface area contributed by atoms with Crippen LogP contribution in [0.5, 0.6) is 5.75 Å². The fourth-order valence-corrected chi connectivity index (χ4v) is 6.40. The van der Waals surface area contributed by atoms with Crippen LogP contribution < -0.4 is 4.74 Å². The molecule has 2 saturated carbocycles. The summed E-state index contributed by atoms with van der Waals surface area (Å²) in [6, 6.07) is 6.58. The molecule has 26 heavy (non-hydrogen) atoms. The standard InChI is InChI=1S/C22H27ClO3/c1-14(24)26-21-8-7-20-19-5-3-15-13-16(25-2)4-6-17(15)18(19)9-10-22(20,21)11-12-23/h4,6,11-13,18-21H,3,5,7-10H2,1-2H3/t18-,19-,20+,21+,22?/m1/s1. The third-order valence-electron chi connectivity index (χ3n) is 7.13. The molecule has 1 aromatic carbocycles. The second-order valence-electron chi connectivity index (χ2n) is 8.10. The Bertz CT molecular complexity index is 728. The predicted molar refractivity (Wildman–Crippen MR) is 102 cm³/mol. The number of aryl methyl sites for hydroxylation is 1. The summed E-state index contributed by atoms with van der Waals surface area (Å²) in [6.07, 6.45) is 8.63. The van der Waals surface area contributed by atoms with Gasteiger partial charge < -0.3 is 9.47 Å². The highest BCUT2D eigenvalue weighted by molar-refractivity contribution is 6.25. The summed E-state index contributed by atoms with van der Waals surface area (Å²) in [6.45, 7) is 1.52. The van der Waals surface area contributed by atoms with Gasteiger partial charge in [0, 0.05) is 17.9 Å². The second-order valence-corrected chi connectivity index (χ2v) is 8.35. The number of methoxy groups -OCH3 is 1. The summed E-state index contributed by atoms with van der Waals surface area (Å²) < 4.78 is 11.2. The summed E-state index contributed by atoms with van der Waals surface area (Å²) in [4.78, 5) is 11.6. The second kappa shape index (κ2) is 6.92. The molecule has 0 aromatic heterocycles. The van der Waals surface area contributed by atoms with Gasteiger partial charge in [-0.2, -0.15) is 0 Å². The Hall–Kier alpha value is -1.48. The number of hydrogen-bond acceptors (Lipinski definition) is 3. The quantitative estimate of drug-likeness (QED) is 0.681. The van der Waals surface area contributed by atoms with Crippen molar-refractivity contribution < 1.29 is 14.3 Å². The van der Waals surface area contributed by atoms with Crippen LogP contribution >= 0.6 is 11.6 Å². The molecule has 0 saturated heterocycles. The molecule has 4 rings (SSSR count). The first-order valence-corrected chi connectivity index (χ1v) is 10.1. The molecule has 1 unspecified atom stereocenters. The van der Waals surface area contributed by atoms with Crippen LogP contribution in [-0.4, -0.2) is 19.2 Å². The van der Waals surface area contributed by atoms with E-state index in [0.717, 1.165) is 37.9 Å². The molecule has 2 fully saturated rings. The van der Waals surface area contributed by atoms with Crippen LogP contribution in [0.25, 0.3) is 0 Å². The molecule has 3 nitrogen and oxygen atoms in total. The average molecular weight is 375 g/mol. The third kappa shape index (κ3) is 2.76. The molecule has 0 amide bonds. The van der Waals surface area contributed by atoms with Crippen molar-refractivity contribution in [1.29, 1.82) is 0 Å². The van der Waals surface area contributed by atoms with E-state index in [9.17, 15) is 4.79 Å². The van der Waals surface area contributed by atoms with E-state index < -0.39 is 0 Å². The molecule has 0 aliphatic heterocycles. The lowest BCUT2D eigenvalue weighted by atomic mass is 9.55. The van der Waals surface area contributed by atoms with Gasteiger partial charge in [-0.25, -0.2) is 0 Å². The Labute approximate surface area is 160 Å². The van der Waals surface area contributed by atoms with Gasteiger partial charge >= 0.3 is 5.97 Å². The molecule has 5 atom stereocenters. The number of rotatable bonds is 3. The fraction of sp³-hybridized carbons (Fsp3) is 0.591.